The minimum absolute atomic E-state index is 0.479. The van der Waals surface area contributed by atoms with E-state index in [9.17, 15) is 0 Å². The minimum atomic E-state index is 0.479. The van der Waals surface area contributed by atoms with Crippen LogP contribution in [-0.2, 0) is 6.54 Å². The molecule has 124 valence electrons. The quantitative estimate of drug-likeness (QED) is 0.695. The van der Waals surface area contributed by atoms with E-state index in [1.165, 1.54) is 28.8 Å². The van der Waals surface area contributed by atoms with Crippen LogP contribution in [0.2, 0.25) is 0 Å². The third-order valence-electron chi connectivity index (χ3n) is 4.66. The molecule has 0 amide bonds. The molecule has 0 saturated heterocycles. The summed E-state index contributed by atoms with van der Waals surface area (Å²) in [5.74, 6) is 1.89. The largest absolute Gasteiger partial charge is 0.365 e. The van der Waals surface area contributed by atoms with Crippen LogP contribution in [-0.4, -0.2) is 14.8 Å². The van der Waals surface area contributed by atoms with Crippen LogP contribution in [0.4, 0.5) is 5.82 Å². The maximum Gasteiger partial charge on any atom is 0.124 e. The average Bonchev–Trinajstić information content (AvgIpc) is 3.15. The molecule has 1 atom stereocenters. The van der Waals surface area contributed by atoms with Crippen molar-refractivity contribution >= 4 is 17.2 Å². The Bertz CT molecular complexity index is 814. The lowest BCUT2D eigenvalue weighted by Crippen LogP contribution is -2.13. The van der Waals surface area contributed by atoms with Crippen molar-refractivity contribution in [2.24, 2.45) is 5.92 Å². The summed E-state index contributed by atoms with van der Waals surface area (Å²) < 4.78 is 2.12. The van der Waals surface area contributed by atoms with Gasteiger partial charge < -0.3 is 5.32 Å². The van der Waals surface area contributed by atoms with Gasteiger partial charge in [0.25, 0.3) is 0 Å². The van der Waals surface area contributed by atoms with Crippen LogP contribution in [0.25, 0.3) is 10.6 Å². The molecule has 4 rings (SSSR count). The summed E-state index contributed by atoms with van der Waals surface area (Å²) in [4.78, 5) is 5.80. The van der Waals surface area contributed by atoms with Gasteiger partial charge in [0.2, 0.25) is 0 Å². The van der Waals surface area contributed by atoms with Crippen molar-refractivity contribution < 1.29 is 0 Å². The van der Waals surface area contributed by atoms with E-state index in [1.807, 2.05) is 12.4 Å². The first-order chi connectivity index (χ1) is 11.7. The maximum atomic E-state index is 4.57. The number of thiazole rings is 1. The molecular formula is C19H22N4S. The Morgan fingerprint density at radius 3 is 2.79 bits per heavy atom. The van der Waals surface area contributed by atoms with Gasteiger partial charge >= 0.3 is 0 Å². The smallest absolute Gasteiger partial charge is 0.124 e. The number of rotatable bonds is 6. The number of anilines is 1. The molecule has 1 aliphatic rings. The number of nitrogens with one attached hydrogen (secondary N) is 1. The van der Waals surface area contributed by atoms with Gasteiger partial charge in [-0.3, -0.25) is 0 Å². The summed E-state index contributed by atoms with van der Waals surface area (Å²) in [6, 6.07) is 11.1. The second-order valence-electron chi connectivity index (χ2n) is 6.59. The lowest BCUT2D eigenvalue weighted by Gasteiger charge is -2.15. The van der Waals surface area contributed by atoms with Crippen molar-refractivity contribution in [2.45, 2.75) is 39.3 Å². The van der Waals surface area contributed by atoms with Crippen LogP contribution in [0.1, 0.15) is 36.2 Å². The zero-order valence-electron chi connectivity index (χ0n) is 14.1. The summed E-state index contributed by atoms with van der Waals surface area (Å²) in [7, 11) is 0. The van der Waals surface area contributed by atoms with Crippen LogP contribution in [0, 0.1) is 12.8 Å². The predicted molar refractivity (Wildman–Crippen MR) is 99.3 cm³/mol. The molecule has 1 unspecified atom stereocenters. The predicted octanol–water partition coefficient (Wildman–Crippen LogP) is 4.90. The van der Waals surface area contributed by atoms with Gasteiger partial charge in [0.1, 0.15) is 10.8 Å². The summed E-state index contributed by atoms with van der Waals surface area (Å²) in [5, 5.41) is 9.09. The van der Waals surface area contributed by atoms with E-state index in [-0.39, 0.29) is 0 Å². The van der Waals surface area contributed by atoms with Gasteiger partial charge in [-0.15, -0.1) is 11.3 Å². The Balaban J connectivity index is 1.43. The molecule has 0 bridgehead atoms. The fraction of sp³-hybridized carbons (Fsp3) is 0.368. The van der Waals surface area contributed by atoms with Gasteiger partial charge in [0.15, 0.2) is 0 Å². The second kappa shape index (κ2) is 6.40. The van der Waals surface area contributed by atoms with Gasteiger partial charge in [-0.1, -0.05) is 29.8 Å². The number of aryl methyl sites for hydroxylation is 1. The van der Waals surface area contributed by atoms with Gasteiger partial charge in [0, 0.05) is 22.7 Å². The topological polar surface area (TPSA) is 42.7 Å². The fourth-order valence-corrected chi connectivity index (χ4v) is 3.81. The first-order valence-corrected chi connectivity index (χ1v) is 9.31. The van der Waals surface area contributed by atoms with Crippen molar-refractivity contribution in [3.05, 3.63) is 53.2 Å². The number of benzene rings is 1. The first kappa shape index (κ1) is 15.4. The molecule has 1 fully saturated rings. The van der Waals surface area contributed by atoms with Gasteiger partial charge in [-0.2, -0.15) is 5.10 Å². The number of hydrogen-bond donors (Lipinski definition) is 1. The highest BCUT2D eigenvalue weighted by Crippen LogP contribution is 2.40. The molecule has 1 aromatic carbocycles. The van der Waals surface area contributed by atoms with Crippen LogP contribution >= 0.6 is 11.3 Å². The Hall–Kier alpha value is -2.14. The van der Waals surface area contributed by atoms with E-state index < -0.39 is 0 Å². The van der Waals surface area contributed by atoms with Gasteiger partial charge in [0.05, 0.1) is 18.8 Å². The van der Waals surface area contributed by atoms with Crippen molar-refractivity contribution in [2.75, 3.05) is 5.32 Å². The Morgan fingerprint density at radius 1 is 1.25 bits per heavy atom. The third kappa shape index (κ3) is 3.22. The normalized spacial score (nSPS) is 15.4. The Morgan fingerprint density at radius 2 is 2.04 bits per heavy atom. The lowest BCUT2D eigenvalue weighted by molar-refractivity contribution is 0.444. The monoisotopic (exact) mass is 338 g/mol. The van der Waals surface area contributed by atoms with E-state index in [2.05, 4.69) is 64.3 Å². The summed E-state index contributed by atoms with van der Waals surface area (Å²) in [6.45, 7) is 5.15. The molecule has 4 nitrogen and oxygen atoms in total. The average molecular weight is 338 g/mol. The molecular weight excluding hydrogens is 316 g/mol. The molecule has 1 N–H and O–H groups in total. The number of hydrogen-bond acceptors (Lipinski definition) is 4. The molecule has 0 radical (unpaired) electrons. The van der Waals surface area contributed by atoms with Crippen molar-refractivity contribution in [1.29, 1.82) is 0 Å². The molecule has 2 aromatic heterocycles. The SMILES string of the molecule is Cc1ccc(-c2ncc(CNc3ccnn3C(C)C3CC3)s2)cc1. The highest BCUT2D eigenvalue weighted by Gasteiger charge is 2.30. The fourth-order valence-electron chi connectivity index (χ4n) is 2.95. The molecule has 0 aliphatic heterocycles. The summed E-state index contributed by atoms with van der Waals surface area (Å²) in [5.41, 5.74) is 2.46. The van der Waals surface area contributed by atoms with Crippen molar-refractivity contribution in [3.63, 3.8) is 0 Å². The zero-order chi connectivity index (χ0) is 16.5. The van der Waals surface area contributed by atoms with E-state index in [1.54, 1.807) is 11.3 Å². The Labute approximate surface area is 146 Å². The summed E-state index contributed by atoms with van der Waals surface area (Å²) in [6.07, 6.45) is 6.51. The van der Waals surface area contributed by atoms with Crippen molar-refractivity contribution in [3.8, 4) is 10.6 Å². The van der Waals surface area contributed by atoms with Crippen LogP contribution in [0.15, 0.2) is 42.7 Å². The van der Waals surface area contributed by atoms with Crippen LogP contribution in [0.5, 0.6) is 0 Å². The first-order valence-electron chi connectivity index (χ1n) is 8.50. The molecule has 3 aromatic rings. The van der Waals surface area contributed by atoms with Crippen LogP contribution in [0.3, 0.4) is 0 Å². The van der Waals surface area contributed by atoms with E-state index in [0.717, 1.165) is 23.3 Å². The van der Waals surface area contributed by atoms with E-state index in [4.69, 9.17) is 0 Å². The van der Waals surface area contributed by atoms with Crippen LogP contribution < -0.4 is 5.32 Å². The van der Waals surface area contributed by atoms with Gasteiger partial charge in [-0.25, -0.2) is 9.67 Å². The zero-order valence-corrected chi connectivity index (χ0v) is 14.9. The molecule has 5 heteroatoms. The van der Waals surface area contributed by atoms with E-state index >= 15 is 0 Å². The number of nitrogens with zero attached hydrogens (tertiary/aromatic N) is 3. The van der Waals surface area contributed by atoms with E-state index in [0.29, 0.717) is 6.04 Å². The highest BCUT2D eigenvalue weighted by molar-refractivity contribution is 7.15. The number of aromatic nitrogens is 3. The molecule has 1 saturated carbocycles. The second-order valence-corrected chi connectivity index (χ2v) is 7.71. The maximum absolute atomic E-state index is 4.57. The molecule has 0 spiro atoms. The van der Waals surface area contributed by atoms with Crippen molar-refractivity contribution in [1.82, 2.24) is 14.8 Å². The third-order valence-corrected chi connectivity index (χ3v) is 5.70. The molecule has 24 heavy (non-hydrogen) atoms. The standard InChI is InChI=1S/C19H22N4S/c1-13-3-5-16(6-4-13)19-21-12-17(24-19)11-20-18-9-10-22-23(18)14(2)15-7-8-15/h3-6,9-10,12,14-15,20H,7-8,11H2,1-2H3. The lowest BCUT2D eigenvalue weighted by atomic mass is 10.2. The highest BCUT2D eigenvalue weighted by atomic mass is 32.1. The summed E-state index contributed by atoms with van der Waals surface area (Å²) >= 11 is 1.74. The minimum Gasteiger partial charge on any atom is -0.365 e. The van der Waals surface area contributed by atoms with Gasteiger partial charge in [-0.05, 0) is 32.6 Å². The Kier molecular flexibility index (Phi) is 4.10. The molecule has 2 heterocycles. The molecule has 1 aliphatic carbocycles.